The van der Waals surface area contributed by atoms with Crippen molar-refractivity contribution < 1.29 is 9.66 Å². The zero-order chi connectivity index (χ0) is 13.8. The number of ether oxygens (including phenoxy) is 1. The van der Waals surface area contributed by atoms with Gasteiger partial charge >= 0.3 is 5.69 Å². The Morgan fingerprint density at radius 3 is 2.68 bits per heavy atom. The first-order valence-corrected chi connectivity index (χ1v) is 6.37. The summed E-state index contributed by atoms with van der Waals surface area (Å²) in [4.78, 5) is 12.8. The van der Waals surface area contributed by atoms with Crippen molar-refractivity contribution in [2.24, 2.45) is 0 Å². The van der Waals surface area contributed by atoms with Gasteiger partial charge in [-0.25, -0.2) is 0 Å². The number of piperidine rings is 1. The highest BCUT2D eigenvalue weighted by Gasteiger charge is 2.19. The first-order valence-electron chi connectivity index (χ1n) is 6.37. The van der Waals surface area contributed by atoms with Crippen molar-refractivity contribution >= 4 is 11.4 Å². The molecule has 2 rings (SSSR count). The van der Waals surface area contributed by atoms with Crippen LogP contribution in [-0.4, -0.2) is 43.1 Å². The van der Waals surface area contributed by atoms with Gasteiger partial charge in [-0.05, 0) is 45.1 Å². The van der Waals surface area contributed by atoms with Gasteiger partial charge in [-0.2, -0.15) is 0 Å². The highest BCUT2D eigenvalue weighted by molar-refractivity contribution is 5.58. The molecule has 1 aliphatic rings. The minimum Gasteiger partial charge on any atom is -0.490 e. The molecule has 1 heterocycles. The molecule has 0 bridgehead atoms. The number of hydrogen-bond donors (Lipinski definition) is 1. The predicted octanol–water partition coefficient (Wildman–Crippen LogP) is 2.11. The van der Waals surface area contributed by atoms with Gasteiger partial charge in [-0.3, -0.25) is 10.1 Å². The van der Waals surface area contributed by atoms with Gasteiger partial charge in [-0.15, -0.1) is 0 Å². The molecule has 1 aromatic rings. The van der Waals surface area contributed by atoms with Crippen LogP contribution in [0.3, 0.4) is 0 Å². The monoisotopic (exact) mass is 265 g/mol. The lowest BCUT2D eigenvalue weighted by Gasteiger charge is -2.30. The molecule has 6 heteroatoms. The van der Waals surface area contributed by atoms with Crippen molar-refractivity contribution in [3.05, 3.63) is 28.3 Å². The number of methoxy groups -OCH3 is 1. The van der Waals surface area contributed by atoms with E-state index in [9.17, 15) is 10.1 Å². The SMILES string of the molecule is COc1ccc(NC2CCN(C)CC2)cc1[N+](=O)[O-]. The normalized spacial score (nSPS) is 17.2. The van der Waals surface area contributed by atoms with Crippen LogP contribution in [-0.2, 0) is 0 Å². The lowest BCUT2D eigenvalue weighted by molar-refractivity contribution is -0.385. The van der Waals surface area contributed by atoms with Gasteiger partial charge in [0, 0.05) is 17.8 Å². The van der Waals surface area contributed by atoms with Crippen LogP contribution >= 0.6 is 0 Å². The number of hydrogen-bond acceptors (Lipinski definition) is 5. The smallest absolute Gasteiger partial charge is 0.312 e. The van der Waals surface area contributed by atoms with E-state index in [1.807, 2.05) is 6.07 Å². The summed E-state index contributed by atoms with van der Waals surface area (Å²) in [5.41, 5.74) is 0.780. The molecule has 1 fully saturated rings. The summed E-state index contributed by atoms with van der Waals surface area (Å²) in [6.07, 6.45) is 2.10. The summed E-state index contributed by atoms with van der Waals surface area (Å²) in [5, 5.41) is 14.3. The average molecular weight is 265 g/mol. The topological polar surface area (TPSA) is 67.6 Å². The van der Waals surface area contributed by atoms with Crippen LogP contribution in [0.1, 0.15) is 12.8 Å². The fourth-order valence-corrected chi connectivity index (χ4v) is 2.31. The summed E-state index contributed by atoms with van der Waals surface area (Å²) < 4.78 is 4.99. The lowest BCUT2D eigenvalue weighted by Crippen LogP contribution is -2.36. The van der Waals surface area contributed by atoms with E-state index in [0.29, 0.717) is 11.8 Å². The molecule has 0 unspecified atom stereocenters. The van der Waals surface area contributed by atoms with Gasteiger partial charge in [-0.1, -0.05) is 0 Å². The van der Waals surface area contributed by atoms with Gasteiger partial charge in [0.25, 0.3) is 0 Å². The van der Waals surface area contributed by atoms with Gasteiger partial charge < -0.3 is 15.0 Å². The second kappa shape index (κ2) is 5.88. The number of nitro groups is 1. The Labute approximate surface area is 112 Å². The van der Waals surface area contributed by atoms with Gasteiger partial charge in [0.2, 0.25) is 0 Å². The standard InChI is InChI=1S/C13H19N3O3/c1-15-7-5-10(6-8-15)14-11-3-4-13(19-2)12(9-11)16(17)18/h3-4,9-10,14H,5-8H2,1-2H3. The van der Waals surface area contributed by atoms with E-state index in [1.54, 1.807) is 6.07 Å². The van der Waals surface area contributed by atoms with E-state index < -0.39 is 4.92 Å². The van der Waals surface area contributed by atoms with Gasteiger partial charge in [0.05, 0.1) is 12.0 Å². The summed E-state index contributed by atoms with van der Waals surface area (Å²) in [6.45, 7) is 2.10. The zero-order valence-corrected chi connectivity index (χ0v) is 11.3. The molecular weight excluding hydrogens is 246 g/mol. The summed E-state index contributed by atoms with van der Waals surface area (Å²) >= 11 is 0. The number of nitrogens with one attached hydrogen (secondary N) is 1. The highest BCUT2D eigenvalue weighted by Crippen LogP contribution is 2.30. The lowest BCUT2D eigenvalue weighted by atomic mass is 10.1. The zero-order valence-electron chi connectivity index (χ0n) is 11.3. The Morgan fingerprint density at radius 2 is 2.11 bits per heavy atom. The molecule has 1 aliphatic heterocycles. The first-order chi connectivity index (χ1) is 9.10. The van der Waals surface area contributed by atoms with Crippen LogP contribution in [0.2, 0.25) is 0 Å². The van der Waals surface area contributed by atoms with E-state index in [4.69, 9.17) is 4.74 Å². The van der Waals surface area contributed by atoms with Crippen LogP contribution in [0, 0.1) is 10.1 Å². The molecule has 0 amide bonds. The maximum Gasteiger partial charge on any atom is 0.312 e. The van der Waals surface area contributed by atoms with Crippen molar-refractivity contribution in [1.82, 2.24) is 4.90 Å². The van der Waals surface area contributed by atoms with Crippen LogP contribution in [0.25, 0.3) is 0 Å². The van der Waals surface area contributed by atoms with E-state index in [2.05, 4.69) is 17.3 Å². The van der Waals surface area contributed by atoms with Gasteiger partial charge in [0.1, 0.15) is 0 Å². The molecule has 1 N–H and O–H groups in total. The van der Waals surface area contributed by atoms with Crippen molar-refractivity contribution in [2.75, 3.05) is 32.6 Å². The number of nitrogens with zero attached hydrogens (tertiary/aromatic N) is 2. The first kappa shape index (κ1) is 13.6. The van der Waals surface area contributed by atoms with Crippen molar-refractivity contribution in [3.8, 4) is 5.75 Å². The minimum atomic E-state index is -0.418. The van der Waals surface area contributed by atoms with Gasteiger partial charge in [0.15, 0.2) is 5.75 Å². The van der Waals surface area contributed by atoms with E-state index in [-0.39, 0.29) is 5.69 Å². The third-order valence-corrected chi connectivity index (χ3v) is 3.46. The molecule has 0 aromatic heterocycles. The highest BCUT2D eigenvalue weighted by atomic mass is 16.6. The Bertz CT molecular complexity index is 456. The second-order valence-corrected chi connectivity index (χ2v) is 4.87. The molecule has 0 radical (unpaired) electrons. The second-order valence-electron chi connectivity index (χ2n) is 4.87. The Hall–Kier alpha value is -1.82. The Morgan fingerprint density at radius 1 is 1.42 bits per heavy atom. The third kappa shape index (κ3) is 3.35. The molecule has 0 atom stereocenters. The van der Waals surface area contributed by atoms with Crippen molar-refractivity contribution in [2.45, 2.75) is 18.9 Å². The Balaban J connectivity index is 2.08. The fraction of sp³-hybridized carbons (Fsp3) is 0.538. The Kier molecular flexibility index (Phi) is 4.21. The van der Waals surface area contributed by atoms with Crippen LogP contribution in [0.15, 0.2) is 18.2 Å². The predicted molar refractivity (Wildman–Crippen MR) is 73.8 cm³/mol. The number of anilines is 1. The molecule has 104 valence electrons. The minimum absolute atomic E-state index is 0.000396. The largest absolute Gasteiger partial charge is 0.490 e. The molecule has 0 spiro atoms. The third-order valence-electron chi connectivity index (χ3n) is 3.46. The molecule has 1 saturated heterocycles. The van der Waals surface area contributed by atoms with Crippen LogP contribution < -0.4 is 10.1 Å². The maximum atomic E-state index is 11.0. The summed E-state index contributed by atoms with van der Waals surface area (Å²) in [7, 11) is 3.54. The van der Waals surface area contributed by atoms with E-state index in [0.717, 1.165) is 31.6 Å². The molecular formula is C13H19N3O3. The molecule has 6 nitrogen and oxygen atoms in total. The van der Waals surface area contributed by atoms with E-state index in [1.165, 1.54) is 13.2 Å². The van der Waals surface area contributed by atoms with Crippen molar-refractivity contribution in [3.63, 3.8) is 0 Å². The summed E-state index contributed by atoms with van der Waals surface area (Å²) in [5.74, 6) is 0.291. The number of nitro benzene ring substituents is 1. The quantitative estimate of drug-likeness (QED) is 0.667. The average Bonchev–Trinajstić information content (AvgIpc) is 2.41. The number of likely N-dealkylation sites (tertiary alicyclic amines) is 1. The van der Waals surface area contributed by atoms with E-state index >= 15 is 0 Å². The maximum absolute atomic E-state index is 11.0. The summed E-state index contributed by atoms with van der Waals surface area (Å²) in [6, 6.07) is 5.38. The molecule has 0 aliphatic carbocycles. The van der Waals surface area contributed by atoms with Crippen molar-refractivity contribution in [1.29, 1.82) is 0 Å². The molecule has 1 aromatic carbocycles. The number of benzene rings is 1. The molecule has 19 heavy (non-hydrogen) atoms. The van der Waals surface area contributed by atoms with Crippen LogP contribution in [0.4, 0.5) is 11.4 Å². The molecule has 0 saturated carbocycles. The fourth-order valence-electron chi connectivity index (χ4n) is 2.31. The number of rotatable bonds is 4. The van der Waals surface area contributed by atoms with Crippen LogP contribution in [0.5, 0.6) is 5.75 Å².